The van der Waals surface area contributed by atoms with Crippen molar-refractivity contribution in [2.75, 3.05) is 0 Å². The Hall–Kier alpha value is -1.12. The second-order valence-corrected chi connectivity index (χ2v) is 5.89. The highest BCUT2D eigenvalue weighted by molar-refractivity contribution is 7.12. The highest BCUT2D eigenvalue weighted by atomic mass is 35.5. The molecule has 0 N–H and O–H groups in total. The largest absolute Gasteiger partial charge is 0.294 e. The molecule has 0 saturated carbocycles. The summed E-state index contributed by atoms with van der Waals surface area (Å²) in [6, 6.07) is 9.71. The Labute approximate surface area is 116 Å². The lowest BCUT2D eigenvalue weighted by Gasteiger charge is -2.04. The van der Waals surface area contributed by atoms with Gasteiger partial charge in [0.05, 0.1) is 5.02 Å². The molecule has 0 aliphatic rings. The van der Waals surface area contributed by atoms with Gasteiger partial charge in [-0.1, -0.05) is 30.7 Å². The van der Waals surface area contributed by atoms with E-state index >= 15 is 0 Å². The van der Waals surface area contributed by atoms with Gasteiger partial charge in [-0.3, -0.25) is 4.79 Å². The summed E-state index contributed by atoms with van der Waals surface area (Å²) in [5, 5.41) is 0.578. The molecule has 94 valence electrons. The predicted molar refractivity (Wildman–Crippen MR) is 77.9 cm³/mol. The lowest BCUT2D eigenvalue weighted by atomic mass is 10.0. The van der Waals surface area contributed by atoms with Crippen molar-refractivity contribution in [3.05, 3.63) is 56.2 Å². The van der Waals surface area contributed by atoms with E-state index in [9.17, 15) is 4.79 Å². The van der Waals surface area contributed by atoms with E-state index < -0.39 is 0 Å². The van der Waals surface area contributed by atoms with Crippen molar-refractivity contribution in [3.63, 3.8) is 0 Å². The molecule has 2 rings (SSSR count). The first-order valence-electron chi connectivity index (χ1n) is 5.97. The molecule has 1 aromatic heterocycles. The van der Waals surface area contributed by atoms with E-state index in [1.165, 1.54) is 4.88 Å². The zero-order valence-corrected chi connectivity index (χ0v) is 12.1. The molecular formula is C15H15ClOS. The van der Waals surface area contributed by atoms with Gasteiger partial charge < -0.3 is 0 Å². The maximum atomic E-state index is 12.2. The first-order valence-corrected chi connectivity index (χ1v) is 7.17. The van der Waals surface area contributed by atoms with Crippen LogP contribution < -0.4 is 0 Å². The maximum absolute atomic E-state index is 12.2. The molecule has 0 fully saturated rings. The van der Waals surface area contributed by atoms with Gasteiger partial charge in [0.15, 0.2) is 5.78 Å². The first kappa shape index (κ1) is 13.3. The van der Waals surface area contributed by atoms with Crippen LogP contribution >= 0.6 is 22.9 Å². The monoisotopic (exact) mass is 278 g/mol. The van der Waals surface area contributed by atoms with E-state index in [1.54, 1.807) is 17.4 Å². The molecule has 1 heterocycles. The average Bonchev–Trinajstić information content (AvgIpc) is 2.80. The lowest BCUT2D eigenvalue weighted by molar-refractivity contribution is 0.0994. The zero-order chi connectivity index (χ0) is 13.1. The fourth-order valence-corrected chi connectivity index (χ4v) is 3.01. The van der Waals surface area contributed by atoms with Crippen molar-refractivity contribution in [1.29, 1.82) is 0 Å². The number of carbonyl (C=O) groups excluding carboxylic acids is 1. The Morgan fingerprint density at radius 3 is 2.61 bits per heavy atom. The first-order chi connectivity index (χ1) is 8.61. The number of hydrogen-bond acceptors (Lipinski definition) is 2. The molecule has 1 aromatic carbocycles. The third kappa shape index (κ3) is 2.82. The summed E-state index contributed by atoms with van der Waals surface area (Å²) in [6.45, 7) is 4.04. The molecule has 0 radical (unpaired) electrons. The Morgan fingerprint density at radius 2 is 1.94 bits per heavy atom. The summed E-state index contributed by atoms with van der Waals surface area (Å²) in [4.78, 5) is 14.6. The fraction of sp³-hybridized carbons (Fsp3) is 0.267. The number of hydrogen-bond donors (Lipinski definition) is 0. The fourth-order valence-electron chi connectivity index (χ4n) is 1.82. The van der Waals surface area contributed by atoms with E-state index in [0.717, 1.165) is 16.9 Å². The van der Waals surface area contributed by atoms with E-state index in [4.69, 9.17) is 11.6 Å². The molecule has 0 aliphatic carbocycles. The number of thiophene rings is 1. The molecule has 0 amide bonds. The van der Waals surface area contributed by atoms with E-state index in [1.807, 2.05) is 25.1 Å². The van der Waals surface area contributed by atoms with Gasteiger partial charge in [-0.15, -0.1) is 11.3 Å². The van der Waals surface area contributed by atoms with Crippen LogP contribution in [0.3, 0.4) is 0 Å². The van der Waals surface area contributed by atoms with Crippen LogP contribution in [-0.4, -0.2) is 5.78 Å². The van der Waals surface area contributed by atoms with Crippen LogP contribution in [0.5, 0.6) is 0 Å². The molecule has 0 spiro atoms. The number of Topliss-reactive ketones (excluding diaryl/α,β-unsaturated/α-hetero) is 1. The summed E-state index contributed by atoms with van der Waals surface area (Å²) in [7, 11) is 0. The van der Waals surface area contributed by atoms with Crippen LogP contribution in [0.4, 0.5) is 0 Å². The number of halogens is 1. The Kier molecular flexibility index (Phi) is 4.20. The van der Waals surface area contributed by atoms with E-state index in [2.05, 4.69) is 13.0 Å². The number of carbonyl (C=O) groups is 1. The van der Waals surface area contributed by atoms with Gasteiger partial charge in [-0.2, -0.15) is 0 Å². The van der Waals surface area contributed by atoms with Crippen molar-refractivity contribution in [1.82, 2.24) is 0 Å². The van der Waals surface area contributed by atoms with Crippen molar-refractivity contribution in [3.8, 4) is 0 Å². The maximum Gasteiger partial charge on any atom is 0.169 e. The summed E-state index contributed by atoms with van der Waals surface area (Å²) < 4.78 is 0. The topological polar surface area (TPSA) is 17.1 Å². The van der Waals surface area contributed by atoms with Crippen LogP contribution in [0.2, 0.25) is 5.02 Å². The van der Waals surface area contributed by atoms with Gasteiger partial charge in [-0.25, -0.2) is 0 Å². The molecule has 18 heavy (non-hydrogen) atoms. The Morgan fingerprint density at radius 1 is 1.22 bits per heavy atom. The summed E-state index contributed by atoms with van der Waals surface area (Å²) in [5.41, 5.74) is 1.58. The van der Waals surface area contributed by atoms with Crippen molar-refractivity contribution >= 4 is 28.7 Å². The van der Waals surface area contributed by atoms with Gasteiger partial charge in [0, 0.05) is 21.7 Å². The standard InChI is InChI=1S/C15H15ClOS/c1-3-11-7-8-12(18-11)9-14(17)13-6-4-5-10(2)15(13)16/h4-8H,3,9H2,1-2H3. The number of benzene rings is 1. The second-order valence-electron chi connectivity index (χ2n) is 4.26. The quantitative estimate of drug-likeness (QED) is 0.741. The molecule has 2 aromatic rings. The van der Waals surface area contributed by atoms with Gasteiger partial charge >= 0.3 is 0 Å². The molecular weight excluding hydrogens is 264 g/mol. The summed E-state index contributed by atoms with van der Waals surface area (Å²) in [5.74, 6) is 0.0909. The van der Waals surface area contributed by atoms with Crippen molar-refractivity contribution < 1.29 is 4.79 Å². The van der Waals surface area contributed by atoms with E-state index in [-0.39, 0.29) is 5.78 Å². The predicted octanol–water partition coefficient (Wildman–Crippen LogP) is 4.70. The molecule has 1 nitrogen and oxygen atoms in total. The minimum absolute atomic E-state index is 0.0909. The Balaban J connectivity index is 2.19. The zero-order valence-electron chi connectivity index (χ0n) is 10.5. The van der Waals surface area contributed by atoms with Gasteiger partial charge in [-0.05, 0) is 37.1 Å². The molecule has 0 aliphatic heterocycles. The highest BCUT2D eigenvalue weighted by Gasteiger charge is 2.13. The van der Waals surface area contributed by atoms with Crippen molar-refractivity contribution in [2.45, 2.75) is 26.7 Å². The van der Waals surface area contributed by atoms with Crippen LogP contribution in [0, 0.1) is 6.92 Å². The van der Waals surface area contributed by atoms with Crippen molar-refractivity contribution in [2.24, 2.45) is 0 Å². The molecule has 0 saturated heterocycles. The minimum Gasteiger partial charge on any atom is -0.294 e. The minimum atomic E-state index is 0.0909. The molecule has 0 bridgehead atoms. The van der Waals surface area contributed by atoms with Crippen LogP contribution in [0.15, 0.2) is 30.3 Å². The van der Waals surface area contributed by atoms with Crippen LogP contribution in [-0.2, 0) is 12.8 Å². The van der Waals surface area contributed by atoms with Crippen LogP contribution in [0.1, 0.15) is 32.6 Å². The molecule has 3 heteroatoms. The SMILES string of the molecule is CCc1ccc(CC(=O)c2cccc(C)c2Cl)s1. The highest BCUT2D eigenvalue weighted by Crippen LogP contribution is 2.24. The third-order valence-electron chi connectivity index (χ3n) is 2.89. The van der Waals surface area contributed by atoms with E-state index in [0.29, 0.717) is 17.0 Å². The number of ketones is 1. The summed E-state index contributed by atoms with van der Waals surface area (Å²) >= 11 is 7.87. The smallest absolute Gasteiger partial charge is 0.169 e. The second kappa shape index (κ2) is 5.68. The molecule has 0 unspecified atom stereocenters. The van der Waals surface area contributed by atoms with Gasteiger partial charge in [0.2, 0.25) is 0 Å². The number of aryl methyl sites for hydroxylation is 2. The summed E-state index contributed by atoms with van der Waals surface area (Å²) in [6.07, 6.45) is 1.46. The lowest BCUT2D eigenvalue weighted by Crippen LogP contribution is -2.03. The third-order valence-corrected chi connectivity index (χ3v) is 4.62. The normalized spacial score (nSPS) is 10.6. The Bertz CT molecular complexity index is 572. The van der Waals surface area contributed by atoms with Gasteiger partial charge in [0.25, 0.3) is 0 Å². The number of rotatable bonds is 4. The van der Waals surface area contributed by atoms with Gasteiger partial charge in [0.1, 0.15) is 0 Å². The molecule has 0 atom stereocenters. The average molecular weight is 279 g/mol. The van der Waals surface area contributed by atoms with Crippen LogP contribution in [0.25, 0.3) is 0 Å².